The summed E-state index contributed by atoms with van der Waals surface area (Å²) < 4.78 is 5.10. The van der Waals surface area contributed by atoms with E-state index < -0.39 is 0 Å². The van der Waals surface area contributed by atoms with Gasteiger partial charge < -0.3 is 9.84 Å². The lowest BCUT2D eigenvalue weighted by atomic mass is 10.2. The molecular weight excluding hydrogens is 232 g/mol. The van der Waals surface area contributed by atoms with Crippen LogP contribution in [0.4, 0.5) is 0 Å². The van der Waals surface area contributed by atoms with Crippen molar-refractivity contribution in [3.05, 3.63) is 29.2 Å². The number of benzene rings is 1. The molecule has 0 aliphatic rings. The number of aromatic hydroxyl groups is 1. The summed E-state index contributed by atoms with van der Waals surface area (Å²) in [6.45, 7) is 4.45. The molecule has 0 aromatic heterocycles. The van der Waals surface area contributed by atoms with Crippen molar-refractivity contribution in [1.82, 2.24) is 0 Å². The molecule has 17 heavy (non-hydrogen) atoms. The van der Waals surface area contributed by atoms with Crippen LogP contribution in [0.2, 0.25) is 0 Å². The standard InChI is InChI=1S/C14H20O2S/c1-4-11(2)10-17-6-5-12-7-13(15)9-14(8-12)16-3/h5-9,11,15H,4,10H2,1-3H3/b6-5+. The van der Waals surface area contributed by atoms with Gasteiger partial charge in [-0.3, -0.25) is 0 Å². The van der Waals surface area contributed by atoms with E-state index in [4.69, 9.17) is 4.74 Å². The van der Waals surface area contributed by atoms with E-state index in [2.05, 4.69) is 19.3 Å². The average molecular weight is 252 g/mol. The first-order valence-electron chi connectivity index (χ1n) is 5.82. The number of rotatable bonds is 6. The second kappa shape index (κ2) is 7.28. The molecule has 1 aromatic rings. The van der Waals surface area contributed by atoms with Gasteiger partial charge in [-0.15, -0.1) is 11.8 Å². The van der Waals surface area contributed by atoms with Gasteiger partial charge in [-0.1, -0.05) is 20.3 Å². The van der Waals surface area contributed by atoms with Gasteiger partial charge in [0.2, 0.25) is 0 Å². The SMILES string of the molecule is CCC(C)CS/C=C/c1cc(O)cc(OC)c1. The highest BCUT2D eigenvalue weighted by Crippen LogP contribution is 2.23. The zero-order chi connectivity index (χ0) is 12.7. The Bertz CT molecular complexity index is 374. The van der Waals surface area contributed by atoms with Gasteiger partial charge in [0, 0.05) is 6.07 Å². The molecule has 0 amide bonds. The first-order chi connectivity index (χ1) is 8.15. The third-order valence-corrected chi connectivity index (χ3v) is 3.67. The van der Waals surface area contributed by atoms with Crippen LogP contribution >= 0.6 is 11.8 Å². The molecule has 0 spiro atoms. The molecule has 1 aromatic carbocycles. The van der Waals surface area contributed by atoms with Crippen molar-refractivity contribution in [2.45, 2.75) is 20.3 Å². The Kier molecular flexibility index (Phi) is 5.98. The van der Waals surface area contributed by atoms with Gasteiger partial charge in [0.15, 0.2) is 0 Å². The molecule has 1 N–H and O–H groups in total. The fourth-order valence-corrected chi connectivity index (χ4v) is 2.21. The van der Waals surface area contributed by atoms with Crippen LogP contribution in [-0.4, -0.2) is 18.0 Å². The Hall–Kier alpha value is -1.09. The highest BCUT2D eigenvalue weighted by Gasteiger charge is 1.98. The number of ether oxygens (including phenoxy) is 1. The molecule has 0 radical (unpaired) electrons. The van der Waals surface area contributed by atoms with Crippen LogP contribution in [0.1, 0.15) is 25.8 Å². The van der Waals surface area contributed by atoms with Gasteiger partial charge in [0.1, 0.15) is 11.5 Å². The largest absolute Gasteiger partial charge is 0.508 e. The fourth-order valence-electron chi connectivity index (χ4n) is 1.28. The van der Waals surface area contributed by atoms with E-state index in [0.29, 0.717) is 5.75 Å². The van der Waals surface area contributed by atoms with Crippen LogP contribution in [0, 0.1) is 5.92 Å². The van der Waals surface area contributed by atoms with Crippen LogP contribution < -0.4 is 4.74 Å². The summed E-state index contributed by atoms with van der Waals surface area (Å²) in [6.07, 6.45) is 3.20. The number of thioether (sulfide) groups is 1. The van der Waals surface area contributed by atoms with Crippen LogP contribution in [0.5, 0.6) is 11.5 Å². The molecule has 0 bridgehead atoms. The second-order valence-corrected chi connectivity index (χ2v) is 5.05. The topological polar surface area (TPSA) is 29.5 Å². The average Bonchev–Trinajstić information content (AvgIpc) is 2.33. The smallest absolute Gasteiger partial charge is 0.123 e. The fraction of sp³-hybridized carbons (Fsp3) is 0.429. The van der Waals surface area contributed by atoms with Crippen molar-refractivity contribution in [2.75, 3.05) is 12.9 Å². The van der Waals surface area contributed by atoms with E-state index in [9.17, 15) is 5.11 Å². The van der Waals surface area contributed by atoms with Crippen molar-refractivity contribution in [1.29, 1.82) is 0 Å². The zero-order valence-corrected chi connectivity index (χ0v) is 11.5. The quantitative estimate of drug-likeness (QED) is 0.824. The summed E-state index contributed by atoms with van der Waals surface area (Å²) in [5, 5.41) is 11.6. The maximum absolute atomic E-state index is 9.49. The highest BCUT2D eigenvalue weighted by atomic mass is 32.2. The van der Waals surface area contributed by atoms with Crippen LogP contribution in [0.25, 0.3) is 6.08 Å². The molecule has 2 nitrogen and oxygen atoms in total. The van der Waals surface area contributed by atoms with Gasteiger partial charge in [-0.05, 0) is 40.9 Å². The van der Waals surface area contributed by atoms with Crippen LogP contribution in [0.3, 0.4) is 0 Å². The minimum absolute atomic E-state index is 0.232. The van der Waals surface area contributed by atoms with Crippen LogP contribution in [-0.2, 0) is 0 Å². The maximum atomic E-state index is 9.49. The van der Waals surface area contributed by atoms with Crippen LogP contribution in [0.15, 0.2) is 23.6 Å². The Morgan fingerprint density at radius 1 is 1.41 bits per heavy atom. The molecule has 94 valence electrons. The van der Waals surface area contributed by atoms with Crippen molar-refractivity contribution < 1.29 is 9.84 Å². The van der Waals surface area contributed by atoms with E-state index in [1.54, 1.807) is 31.0 Å². The predicted octanol–water partition coefficient (Wildman–Crippen LogP) is 4.15. The molecule has 0 saturated heterocycles. The molecule has 1 atom stereocenters. The monoisotopic (exact) mass is 252 g/mol. The Labute approximate surface area is 108 Å². The molecular formula is C14H20O2S. The number of phenolic OH excluding ortho intramolecular Hbond substituents is 1. The van der Waals surface area contributed by atoms with Gasteiger partial charge in [0.25, 0.3) is 0 Å². The Morgan fingerprint density at radius 2 is 2.18 bits per heavy atom. The summed E-state index contributed by atoms with van der Waals surface area (Å²) in [5.41, 5.74) is 0.957. The number of hydrogen-bond acceptors (Lipinski definition) is 3. The predicted molar refractivity (Wildman–Crippen MR) is 75.6 cm³/mol. The van der Waals surface area contributed by atoms with E-state index in [-0.39, 0.29) is 5.75 Å². The Balaban J connectivity index is 2.55. The van der Waals surface area contributed by atoms with Crippen molar-refractivity contribution in [3.8, 4) is 11.5 Å². The lowest BCUT2D eigenvalue weighted by Gasteiger charge is -2.04. The van der Waals surface area contributed by atoms with E-state index >= 15 is 0 Å². The lowest BCUT2D eigenvalue weighted by Crippen LogP contribution is -1.93. The normalized spacial score (nSPS) is 12.9. The summed E-state index contributed by atoms with van der Waals surface area (Å²) in [5.74, 6) is 2.78. The third kappa shape index (κ3) is 5.18. The zero-order valence-electron chi connectivity index (χ0n) is 10.6. The summed E-state index contributed by atoms with van der Waals surface area (Å²) >= 11 is 1.80. The number of hydrogen-bond donors (Lipinski definition) is 1. The molecule has 0 saturated carbocycles. The molecule has 1 rings (SSSR count). The van der Waals surface area contributed by atoms with Gasteiger partial charge in [0.05, 0.1) is 7.11 Å². The lowest BCUT2D eigenvalue weighted by molar-refractivity contribution is 0.407. The highest BCUT2D eigenvalue weighted by molar-refractivity contribution is 8.02. The molecule has 0 aliphatic carbocycles. The van der Waals surface area contributed by atoms with Crippen molar-refractivity contribution in [3.63, 3.8) is 0 Å². The van der Waals surface area contributed by atoms with Gasteiger partial charge in [-0.2, -0.15) is 0 Å². The van der Waals surface area contributed by atoms with E-state index in [1.807, 2.05) is 12.1 Å². The molecule has 0 heterocycles. The molecule has 1 unspecified atom stereocenters. The third-order valence-electron chi connectivity index (χ3n) is 2.58. The summed E-state index contributed by atoms with van der Waals surface area (Å²) in [7, 11) is 1.60. The number of phenols is 1. The minimum atomic E-state index is 0.232. The maximum Gasteiger partial charge on any atom is 0.123 e. The Morgan fingerprint density at radius 3 is 2.82 bits per heavy atom. The summed E-state index contributed by atoms with van der Waals surface area (Å²) in [4.78, 5) is 0. The van der Waals surface area contributed by atoms with E-state index in [0.717, 1.165) is 17.2 Å². The minimum Gasteiger partial charge on any atom is -0.508 e. The first kappa shape index (κ1) is 14.0. The second-order valence-electron chi connectivity index (χ2n) is 4.11. The van der Waals surface area contributed by atoms with Crippen molar-refractivity contribution in [2.24, 2.45) is 5.92 Å². The first-order valence-corrected chi connectivity index (χ1v) is 6.86. The van der Waals surface area contributed by atoms with Crippen molar-refractivity contribution >= 4 is 17.8 Å². The van der Waals surface area contributed by atoms with E-state index in [1.165, 1.54) is 6.42 Å². The van der Waals surface area contributed by atoms with Gasteiger partial charge >= 0.3 is 0 Å². The number of methoxy groups -OCH3 is 1. The van der Waals surface area contributed by atoms with Gasteiger partial charge in [-0.25, -0.2) is 0 Å². The molecule has 0 aliphatic heterocycles. The molecule has 0 fully saturated rings. The molecule has 3 heteroatoms. The summed E-state index contributed by atoms with van der Waals surface area (Å²) in [6, 6.07) is 5.23.